The van der Waals surface area contributed by atoms with Gasteiger partial charge >= 0.3 is 12.2 Å². The number of carbonyl (C=O) groups is 2. The van der Waals surface area contributed by atoms with E-state index in [9.17, 15) is 23.1 Å². The molecule has 5 N–H and O–H groups in total. The predicted octanol–water partition coefficient (Wildman–Crippen LogP) is 3.83. The number of carboxylic acid groups (broad SMARTS) is 2. The quantitative estimate of drug-likeness (QED) is 0.187. The maximum absolute atomic E-state index is 15.2. The number of nitrogens with zero attached hydrogens (tertiary/aromatic N) is 3. The number of methoxy groups -OCH3 is 1. The third-order valence-corrected chi connectivity index (χ3v) is 8.22. The van der Waals surface area contributed by atoms with Crippen LogP contribution in [-0.4, -0.2) is 73.8 Å². The second-order valence-corrected chi connectivity index (χ2v) is 12.1. The molecule has 1 aromatic heterocycles. The highest BCUT2D eigenvalue weighted by molar-refractivity contribution is 7.92. The van der Waals surface area contributed by atoms with E-state index in [1.807, 2.05) is 13.8 Å². The Morgan fingerprint density at radius 1 is 1.25 bits per heavy atom. The van der Waals surface area contributed by atoms with Crippen LogP contribution < -0.4 is 20.3 Å². The molecular formula is C24H34ClFN6O7S. The molecule has 1 aromatic carbocycles. The molecule has 0 radical (unpaired) electrons. The lowest BCUT2D eigenvalue weighted by atomic mass is 9.77. The van der Waals surface area contributed by atoms with Crippen molar-refractivity contribution < 1.29 is 37.3 Å². The molecule has 1 heterocycles. The van der Waals surface area contributed by atoms with E-state index in [4.69, 9.17) is 21.4 Å². The Kier molecular flexibility index (Phi) is 11.7. The van der Waals surface area contributed by atoms with Gasteiger partial charge < -0.3 is 30.9 Å². The summed E-state index contributed by atoms with van der Waals surface area (Å²) in [5.74, 6) is -1.43. The maximum Gasteiger partial charge on any atom is 0.404 e. The van der Waals surface area contributed by atoms with Gasteiger partial charge in [0.25, 0.3) is 10.0 Å². The molecule has 0 saturated heterocycles. The van der Waals surface area contributed by atoms with E-state index in [0.29, 0.717) is 12.8 Å². The van der Waals surface area contributed by atoms with Crippen LogP contribution in [0.3, 0.4) is 0 Å². The highest BCUT2D eigenvalue weighted by atomic mass is 35.5. The summed E-state index contributed by atoms with van der Waals surface area (Å²) in [5.41, 5.74) is -0.279. The van der Waals surface area contributed by atoms with Crippen molar-refractivity contribution in [3.05, 3.63) is 41.6 Å². The lowest BCUT2D eigenvalue weighted by molar-refractivity contribution is 0.173. The molecule has 40 heavy (non-hydrogen) atoms. The second kappa shape index (κ2) is 14.3. The second-order valence-electron chi connectivity index (χ2n) is 9.83. The topological polar surface area (TPSA) is 183 Å². The van der Waals surface area contributed by atoms with Gasteiger partial charge in [0, 0.05) is 38.5 Å². The van der Waals surface area contributed by atoms with Gasteiger partial charge in [-0.3, -0.25) is 0 Å². The first-order valence-corrected chi connectivity index (χ1v) is 14.0. The summed E-state index contributed by atoms with van der Waals surface area (Å²) in [6.07, 6.45) is 1.08. The monoisotopic (exact) mass is 604 g/mol. The molecule has 0 aliphatic carbocycles. The number of hydrogen-bond donors (Lipinski definition) is 5. The number of hydrogen-bond acceptors (Lipinski definition) is 8. The zero-order chi connectivity index (χ0) is 30.1. The molecule has 0 fully saturated rings. The first-order chi connectivity index (χ1) is 18.7. The van der Waals surface area contributed by atoms with E-state index in [2.05, 4.69) is 25.9 Å². The number of aromatic nitrogens is 2. The van der Waals surface area contributed by atoms with Gasteiger partial charge in [-0.15, -0.1) is 0 Å². The molecule has 2 atom stereocenters. The Balaban J connectivity index is 2.29. The average molecular weight is 605 g/mol. The first-order valence-electron chi connectivity index (χ1n) is 12.1. The van der Waals surface area contributed by atoms with Crippen LogP contribution in [0.2, 0.25) is 5.02 Å². The molecular weight excluding hydrogens is 571 g/mol. The number of sulfonamides is 1. The summed E-state index contributed by atoms with van der Waals surface area (Å²) < 4.78 is 47.6. The summed E-state index contributed by atoms with van der Waals surface area (Å²) in [5, 5.41) is 25.7. The number of benzene rings is 1. The van der Waals surface area contributed by atoms with Crippen molar-refractivity contribution in [1.29, 1.82) is 0 Å². The van der Waals surface area contributed by atoms with Gasteiger partial charge in [-0.1, -0.05) is 25.4 Å². The zero-order valence-electron chi connectivity index (χ0n) is 22.5. The van der Waals surface area contributed by atoms with Gasteiger partial charge in [-0.2, -0.15) is 0 Å². The van der Waals surface area contributed by atoms with Crippen LogP contribution in [0.1, 0.15) is 33.6 Å². The SMILES string of the molecule is COCN(c1ccncn1)S(=O)(=O)c1cc(Cl)c(NCC(CC(C)(C)CCNC(=O)O)C(C)NC(=O)O)cc1F. The smallest absolute Gasteiger partial charge is 0.404 e. The number of halogens is 2. The van der Waals surface area contributed by atoms with Crippen molar-refractivity contribution in [3.8, 4) is 0 Å². The molecule has 0 bridgehead atoms. The number of ether oxygens (including phenoxy) is 1. The summed E-state index contributed by atoms with van der Waals surface area (Å²) in [4.78, 5) is 29.0. The van der Waals surface area contributed by atoms with Crippen LogP contribution >= 0.6 is 11.6 Å². The van der Waals surface area contributed by atoms with E-state index in [0.717, 1.165) is 22.8 Å². The van der Waals surface area contributed by atoms with Gasteiger partial charge in [0.2, 0.25) is 0 Å². The Morgan fingerprint density at radius 2 is 1.95 bits per heavy atom. The van der Waals surface area contributed by atoms with Gasteiger partial charge in [0.15, 0.2) is 0 Å². The van der Waals surface area contributed by atoms with Crippen LogP contribution in [0.25, 0.3) is 0 Å². The number of amides is 2. The van der Waals surface area contributed by atoms with Crippen LogP contribution in [0, 0.1) is 17.2 Å². The summed E-state index contributed by atoms with van der Waals surface area (Å²) in [6.45, 7) is 5.45. The van der Waals surface area contributed by atoms with Crippen molar-refractivity contribution in [2.45, 2.75) is 44.6 Å². The van der Waals surface area contributed by atoms with Crippen LogP contribution in [0.5, 0.6) is 0 Å². The van der Waals surface area contributed by atoms with Crippen molar-refractivity contribution in [3.63, 3.8) is 0 Å². The Bertz CT molecular complexity index is 1270. The molecule has 0 saturated carbocycles. The molecule has 0 spiro atoms. The first kappa shape index (κ1) is 32.8. The minimum absolute atomic E-state index is 0.0292. The van der Waals surface area contributed by atoms with Gasteiger partial charge in [0.05, 0.1) is 10.7 Å². The van der Waals surface area contributed by atoms with Crippen molar-refractivity contribution in [1.82, 2.24) is 20.6 Å². The molecule has 13 nitrogen and oxygen atoms in total. The van der Waals surface area contributed by atoms with Crippen molar-refractivity contribution >= 4 is 45.3 Å². The summed E-state index contributed by atoms with van der Waals surface area (Å²) >= 11 is 6.37. The van der Waals surface area contributed by atoms with E-state index < -0.39 is 45.7 Å². The van der Waals surface area contributed by atoms with E-state index >= 15 is 4.39 Å². The molecule has 0 aliphatic heterocycles. The third kappa shape index (κ3) is 9.34. The third-order valence-electron chi connectivity index (χ3n) is 6.16. The molecule has 0 aliphatic rings. The normalized spacial score (nSPS) is 13.2. The largest absolute Gasteiger partial charge is 0.465 e. The molecule has 2 unspecified atom stereocenters. The lowest BCUT2D eigenvalue weighted by Crippen LogP contribution is -2.42. The van der Waals surface area contributed by atoms with Crippen molar-refractivity contribution in [2.75, 3.05) is 36.6 Å². The molecule has 2 amide bonds. The van der Waals surface area contributed by atoms with E-state index in [1.54, 1.807) is 6.92 Å². The predicted molar refractivity (Wildman–Crippen MR) is 147 cm³/mol. The van der Waals surface area contributed by atoms with E-state index in [1.165, 1.54) is 19.4 Å². The van der Waals surface area contributed by atoms with Crippen molar-refractivity contribution in [2.24, 2.45) is 11.3 Å². The maximum atomic E-state index is 15.2. The summed E-state index contributed by atoms with van der Waals surface area (Å²) in [7, 11) is -3.20. The lowest BCUT2D eigenvalue weighted by Gasteiger charge is -2.33. The molecule has 2 rings (SSSR count). The Hall–Kier alpha value is -3.43. The summed E-state index contributed by atoms with van der Waals surface area (Å²) in [6, 6.07) is 2.73. The minimum Gasteiger partial charge on any atom is -0.465 e. The Morgan fingerprint density at radius 3 is 2.52 bits per heavy atom. The van der Waals surface area contributed by atoms with Crippen LogP contribution in [0.4, 0.5) is 25.5 Å². The minimum atomic E-state index is -4.48. The number of anilines is 2. The highest BCUT2D eigenvalue weighted by Crippen LogP contribution is 2.34. The van der Waals surface area contributed by atoms with Gasteiger partial charge in [-0.25, -0.2) is 36.7 Å². The molecule has 16 heteroatoms. The van der Waals surface area contributed by atoms with Crippen LogP contribution in [0.15, 0.2) is 35.6 Å². The molecule has 222 valence electrons. The standard InChI is InChI=1S/C24H34ClFN6O7S/c1-15(31-23(35)36)16(11-24(2,3)6-8-28-22(33)34)12-29-19-10-18(26)20(9-17(19)25)40(37,38)32(14-39-4)21-5-7-27-13-30-21/h5,7,9-10,13,15-16,28-29,31H,6,8,11-12,14H2,1-4H3,(H,33,34)(H,35,36). The number of nitrogens with one attached hydrogen (secondary N) is 3. The highest BCUT2D eigenvalue weighted by Gasteiger charge is 2.31. The Labute approximate surface area is 237 Å². The van der Waals surface area contributed by atoms with Gasteiger partial charge in [0.1, 0.15) is 29.6 Å². The molecule has 2 aromatic rings. The number of rotatable bonds is 15. The zero-order valence-corrected chi connectivity index (χ0v) is 24.1. The van der Waals surface area contributed by atoms with Crippen LogP contribution in [-0.2, 0) is 14.8 Å². The average Bonchev–Trinajstić information content (AvgIpc) is 2.86. The van der Waals surface area contributed by atoms with Gasteiger partial charge in [-0.05, 0) is 43.2 Å². The van der Waals surface area contributed by atoms with E-state index in [-0.39, 0.29) is 41.0 Å². The fourth-order valence-electron chi connectivity index (χ4n) is 4.09. The fourth-order valence-corrected chi connectivity index (χ4v) is 5.79. The fraction of sp³-hybridized carbons (Fsp3) is 0.500.